The van der Waals surface area contributed by atoms with Crippen LogP contribution in [0.15, 0.2) is 103 Å². The van der Waals surface area contributed by atoms with Gasteiger partial charge in [-0.15, -0.1) is 0 Å². The van der Waals surface area contributed by atoms with Crippen molar-refractivity contribution in [3.8, 4) is 23.2 Å². The zero-order chi connectivity index (χ0) is 24.2. The van der Waals surface area contributed by atoms with Gasteiger partial charge in [-0.1, -0.05) is 42.5 Å². The molecule has 0 unspecified atom stereocenters. The monoisotopic (exact) mass is 471 g/mol. The van der Waals surface area contributed by atoms with Crippen molar-refractivity contribution in [3.63, 3.8) is 0 Å². The second-order valence-electron chi connectivity index (χ2n) is 8.63. The van der Waals surface area contributed by atoms with Gasteiger partial charge in [0, 0.05) is 45.9 Å². The Morgan fingerprint density at radius 1 is 0.722 bits per heavy atom. The number of ether oxygens (including phenoxy) is 1. The smallest absolute Gasteiger partial charge is 0.219 e. The third kappa shape index (κ3) is 3.15. The van der Waals surface area contributed by atoms with Crippen LogP contribution in [-0.4, -0.2) is 19.6 Å². The summed E-state index contributed by atoms with van der Waals surface area (Å²) in [6.07, 6.45) is 1.46. The van der Waals surface area contributed by atoms with Crippen LogP contribution in [0.5, 0.6) is 17.4 Å². The molecule has 0 aliphatic heterocycles. The first kappa shape index (κ1) is 20.4. The Morgan fingerprint density at radius 3 is 2.42 bits per heavy atom. The van der Waals surface area contributed by atoms with Crippen LogP contribution in [0.4, 0.5) is 4.39 Å². The fraction of sp³-hybridized carbons (Fsp3) is 0. The molecule has 0 amide bonds. The standard InChI is InChI=1S/C30H18FN3O2/c31-20-13-14-32-27(16-20)34-25-8-4-3-7-23(25)24-11-10-21(17-26(24)34)36-28-12-9-19-15-18-5-1-2-6-22(18)30(35)29(19)33-28/h1-17,35H. The van der Waals surface area contributed by atoms with Crippen molar-refractivity contribution in [2.45, 2.75) is 0 Å². The van der Waals surface area contributed by atoms with Crippen molar-refractivity contribution in [3.05, 3.63) is 109 Å². The van der Waals surface area contributed by atoms with Crippen molar-refractivity contribution in [1.29, 1.82) is 0 Å². The molecule has 3 heterocycles. The predicted molar refractivity (Wildman–Crippen MR) is 140 cm³/mol. The van der Waals surface area contributed by atoms with Gasteiger partial charge >= 0.3 is 0 Å². The van der Waals surface area contributed by atoms with Crippen LogP contribution in [0.2, 0.25) is 0 Å². The highest BCUT2D eigenvalue weighted by atomic mass is 19.1. The maximum atomic E-state index is 14.1. The highest BCUT2D eigenvalue weighted by Gasteiger charge is 2.15. The molecule has 36 heavy (non-hydrogen) atoms. The van der Waals surface area contributed by atoms with Gasteiger partial charge in [-0.3, -0.25) is 4.57 Å². The second kappa shape index (κ2) is 7.78. The first-order valence-corrected chi connectivity index (χ1v) is 11.5. The van der Waals surface area contributed by atoms with E-state index in [-0.39, 0.29) is 11.6 Å². The van der Waals surface area contributed by atoms with Crippen molar-refractivity contribution >= 4 is 43.5 Å². The number of phenols is 1. The summed E-state index contributed by atoms with van der Waals surface area (Å²) in [5.41, 5.74) is 2.23. The van der Waals surface area contributed by atoms with Crippen LogP contribution >= 0.6 is 0 Å². The number of benzene rings is 4. The third-order valence-electron chi connectivity index (χ3n) is 6.46. The van der Waals surface area contributed by atoms with E-state index in [1.165, 1.54) is 18.3 Å². The van der Waals surface area contributed by atoms with Gasteiger partial charge in [0.2, 0.25) is 5.88 Å². The molecule has 0 atom stereocenters. The molecule has 0 bridgehead atoms. The first-order valence-electron chi connectivity index (χ1n) is 11.5. The number of aromatic hydroxyl groups is 1. The molecule has 7 aromatic rings. The normalized spacial score (nSPS) is 11.6. The summed E-state index contributed by atoms with van der Waals surface area (Å²) in [5.74, 6) is 1.18. The number of rotatable bonds is 3. The maximum absolute atomic E-state index is 14.1. The lowest BCUT2D eigenvalue weighted by molar-refractivity contribution is 0.461. The molecule has 4 aromatic carbocycles. The largest absolute Gasteiger partial charge is 0.505 e. The summed E-state index contributed by atoms with van der Waals surface area (Å²) >= 11 is 0. The molecule has 3 aromatic heterocycles. The molecular formula is C30H18FN3O2. The molecule has 0 radical (unpaired) electrons. The van der Waals surface area contributed by atoms with Crippen molar-refractivity contribution < 1.29 is 14.2 Å². The van der Waals surface area contributed by atoms with Gasteiger partial charge in [0.25, 0.3) is 0 Å². The molecule has 6 heteroatoms. The number of aromatic nitrogens is 3. The van der Waals surface area contributed by atoms with E-state index in [1.807, 2.05) is 83.4 Å². The highest BCUT2D eigenvalue weighted by molar-refractivity contribution is 6.09. The van der Waals surface area contributed by atoms with Gasteiger partial charge in [-0.25, -0.2) is 14.4 Å². The Hall–Kier alpha value is -4.97. The van der Waals surface area contributed by atoms with E-state index in [4.69, 9.17) is 4.74 Å². The topological polar surface area (TPSA) is 60.2 Å². The summed E-state index contributed by atoms with van der Waals surface area (Å²) in [4.78, 5) is 9.00. The Bertz CT molecular complexity index is 1960. The zero-order valence-electron chi connectivity index (χ0n) is 18.9. The highest BCUT2D eigenvalue weighted by Crippen LogP contribution is 2.37. The maximum Gasteiger partial charge on any atom is 0.219 e. The van der Waals surface area contributed by atoms with E-state index < -0.39 is 0 Å². The van der Waals surface area contributed by atoms with E-state index in [9.17, 15) is 9.50 Å². The van der Waals surface area contributed by atoms with Gasteiger partial charge in [0.05, 0.1) is 11.0 Å². The van der Waals surface area contributed by atoms with Crippen molar-refractivity contribution in [1.82, 2.24) is 14.5 Å². The number of halogens is 1. The van der Waals surface area contributed by atoms with E-state index >= 15 is 0 Å². The minimum absolute atomic E-state index is 0.126. The van der Waals surface area contributed by atoms with E-state index in [2.05, 4.69) is 9.97 Å². The predicted octanol–water partition coefficient (Wildman–Crippen LogP) is 7.52. The van der Waals surface area contributed by atoms with E-state index in [0.717, 1.165) is 38.0 Å². The van der Waals surface area contributed by atoms with Gasteiger partial charge < -0.3 is 9.84 Å². The summed E-state index contributed by atoms with van der Waals surface area (Å²) < 4.78 is 22.1. The molecule has 172 valence electrons. The lowest BCUT2D eigenvalue weighted by atomic mass is 10.1. The summed E-state index contributed by atoms with van der Waals surface area (Å²) in [5, 5.41) is 15.4. The van der Waals surface area contributed by atoms with Crippen LogP contribution in [0.1, 0.15) is 0 Å². The second-order valence-corrected chi connectivity index (χ2v) is 8.63. The number of para-hydroxylation sites is 1. The van der Waals surface area contributed by atoms with Crippen LogP contribution < -0.4 is 4.74 Å². The van der Waals surface area contributed by atoms with Crippen molar-refractivity contribution in [2.24, 2.45) is 0 Å². The van der Waals surface area contributed by atoms with Crippen LogP contribution in [0, 0.1) is 5.82 Å². The SMILES string of the molecule is Oc1c2ccccc2cc2ccc(Oc3ccc4c5ccccc5n(-c5cc(F)ccn5)c4c3)nc12. The Labute approximate surface area is 204 Å². The molecule has 0 fully saturated rings. The Kier molecular flexibility index (Phi) is 4.41. The number of phenolic OH excluding ortho intramolecular Hbond substituents is 1. The minimum Gasteiger partial charge on any atom is -0.505 e. The zero-order valence-corrected chi connectivity index (χ0v) is 18.9. The van der Waals surface area contributed by atoms with Crippen molar-refractivity contribution in [2.75, 3.05) is 0 Å². The Balaban J connectivity index is 1.37. The summed E-state index contributed by atoms with van der Waals surface area (Å²) in [6, 6.07) is 29.8. The fourth-order valence-corrected chi connectivity index (χ4v) is 4.85. The van der Waals surface area contributed by atoms with Gasteiger partial charge in [-0.2, -0.15) is 0 Å². The van der Waals surface area contributed by atoms with E-state index in [0.29, 0.717) is 23.0 Å². The molecule has 1 N–H and O–H groups in total. The molecule has 0 saturated carbocycles. The lowest BCUT2D eigenvalue weighted by Gasteiger charge is -2.10. The molecule has 7 rings (SSSR count). The molecule has 5 nitrogen and oxygen atoms in total. The fourth-order valence-electron chi connectivity index (χ4n) is 4.85. The average molecular weight is 471 g/mol. The number of fused-ring (bicyclic) bond motifs is 5. The molecule has 0 aliphatic carbocycles. The van der Waals surface area contributed by atoms with E-state index in [1.54, 1.807) is 6.07 Å². The quantitative estimate of drug-likeness (QED) is 0.271. The van der Waals surface area contributed by atoms with Gasteiger partial charge in [0.15, 0.2) is 0 Å². The molecule has 0 saturated heterocycles. The Morgan fingerprint density at radius 2 is 1.53 bits per heavy atom. The summed E-state index contributed by atoms with van der Waals surface area (Å²) in [7, 11) is 0. The van der Waals surface area contributed by atoms with Crippen LogP contribution in [0.25, 0.3) is 49.3 Å². The molecule has 0 spiro atoms. The third-order valence-corrected chi connectivity index (χ3v) is 6.46. The number of hydrogen-bond donors (Lipinski definition) is 1. The summed E-state index contributed by atoms with van der Waals surface area (Å²) in [6.45, 7) is 0. The van der Waals surface area contributed by atoms with Gasteiger partial charge in [0.1, 0.15) is 28.7 Å². The first-order chi connectivity index (χ1) is 17.7. The minimum atomic E-state index is -0.356. The number of pyridine rings is 2. The van der Waals surface area contributed by atoms with Gasteiger partial charge in [-0.05, 0) is 41.8 Å². The van der Waals surface area contributed by atoms with Crippen LogP contribution in [-0.2, 0) is 0 Å². The molecule has 0 aliphatic rings. The van der Waals surface area contributed by atoms with Crippen LogP contribution in [0.3, 0.4) is 0 Å². The average Bonchev–Trinajstić information content (AvgIpc) is 3.23. The number of nitrogens with zero attached hydrogens (tertiary/aromatic N) is 3. The lowest BCUT2D eigenvalue weighted by Crippen LogP contribution is -1.98. The molecular weight excluding hydrogens is 453 g/mol. The number of hydrogen-bond acceptors (Lipinski definition) is 4.